The van der Waals surface area contributed by atoms with Gasteiger partial charge >= 0.3 is 6.09 Å². The van der Waals surface area contributed by atoms with Crippen LogP contribution in [0.5, 0.6) is 0 Å². The number of nitrogens with two attached hydrogens (primary N) is 1. The van der Waals surface area contributed by atoms with Gasteiger partial charge in [-0.2, -0.15) is 0 Å². The van der Waals surface area contributed by atoms with Crippen LogP contribution in [0.2, 0.25) is 5.02 Å². The highest BCUT2D eigenvalue weighted by Gasteiger charge is 2.29. The Morgan fingerprint density at radius 1 is 0.973 bits per heavy atom. The van der Waals surface area contributed by atoms with Crippen LogP contribution >= 0.6 is 11.6 Å². The molecular formula is C28H28ClF2N3O3. The average molecular weight is 528 g/mol. The molecule has 0 bridgehead atoms. The van der Waals surface area contributed by atoms with Crippen LogP contribution in [-0.2, 0) is 17.9 Å². The molecule has 9 heteroatoms. The van der Waals surface area contributed by atoms with E-state index in [0.717, 1.165) is 36.6 Å². The summed E-state index contributed by atoms with van der Waals surface area (Å²) < 4.78 is 33.0. The maximum absolute atomic E-state index is 13.9. The third-order valence-corrected chi connectivity index (χ3v) is 6.77. The summed E-state index contributed by atoms with van der Waals surface area (Å²) in [5, 5.41) is 3.06. The van der Waals surface area contributed by atoms with Crippen molar-refractivity contribution < 1.29 is 23.1 Å². The minimum atomic E-state index is -0.827. The second-order valence-electron chi connectivity index (χ2n) is 9.15. The maximum Gasteiger partial charge on any atom is 0.411 e. The lowest BCUT2D eigenvalue weighted by atomic mass is 9.90. The van der Waals surface area contributed by atoms with Crippen LogP contribution in [0, 0.1) is 11.6 Å². The molecule has 0 spiro atoms. The van der Waals surface area contributed by atoms with Crippen molar-refractivity contribution >= 4 is 29.3 Å². The molecule has 0 aromatic heterocycles. The molecule has 37 heavy (non-hydrogen) atoms. The first-order valence-electron chi connectivity index (χ1n) is 12.1. The van der Waals surface area contributed by atoms with Gasteiger partial charge in [-0.1, -0.05) is 41.9 Å². The Hall–Kier alpha value is -3.49. The summed E-state index contributed by atoms with van der Waals surface area (Å²) in [6.45, 7) is 0.202. The number of carbonyl (C=O) groups is 2. The molecule has 1 aliphatic rings. The predicted octanol–water partition coefficient (Wildman–Crippen LogP) is 6.28. The van der Waals surface area contributed by atoms with Gasteiger partial charge in [-0.15, -0.1) is 0 Å². The minimum Gasteiger partial charge on any atom is -0.444 e. The monoisotopic (exact) mass is 527 g/mol. The zero-order valence-electron chi connectivity index (χ0n) is 20.1. The fourth-order valence-electron chi connectivity index (χ4n) is 4.46. The molecule has 3 aromatic rings. The van der Waals surface area contributed by atoms with Crippen molar-refractivity contribution in [3.8, 4) is 0 Å². The molecular weight excluding hydrogens is 500 g/mol. The number of halogens is 3. The fraction of sp³-hybridized carbons (Fsp3) is 0.286. The Kier molecular flexibility index (Phi) is 8.74. The highest BCUT2D eigenvalue weighted by Crippen LogP contribution is 2.29. The molecule has 0 saturated heterocycles. The molecule has 0 atom stereocenters. The summed E-state index contributed by atoms with van der Waals surface area (Å²) in [6, 6.07) is 16.8. The van der Waals surface area contributed by atoms with Crippen LogP contribution in [0.1, 0.15) is 47.2 Å². The number of hydrogen-bond acceptors (Lipinski definition) is 4. The van der Waals surface area contributed by atoms with Crippen molar-refractivity contribution in [2.24, 2.45) is 5.73 Å². The van der Waals surface area contributed by atoms with Crippen LogP contribution in [0.4, 0.5) is 19.3 Å². The van der Waals surface area contributed by atoms with Gasteiger partial charge in [-0.3, -0.25) is 10.1 Å². The largest absolute Gasteiger partial charge is 0.444 e. The molecule has 0 aliphatic heterocycles. The molecule has 1 aliphatic carbocycles. The van der Waals surface area contributed by atoms with E-state index in [9.17, 15) is 18.4 Å². The van der Waals surface area contributed by atoms with Crippen LogP contribution in [0.15, 0.2) is 66.7 Å². The van der Waals surface area contributed by atoms with Crippen LogP contribution in [0.3, 0.4) is 0 Å². The van der Waals surface area contributed by atoms with Crippen molar-refractivity contribution in [1.29, 1.82) is 0 Å². The molecule has 6 nitrogen and oxygen atoms in total. The van der Waals surface area contributed by atoms with Crippen LogP contribution in [0.25, 0.3) is 0 Å². The van der Waals surface area contributed by atoms with Crippen molar-refractivity contribution in [1.82, 2.24) is 4.90 Å². The second-order valence-corrected chi connectivity index (χ2v) is 9.56. The van der Waals surface area contributed by atoms with Crippen molar-refractivity contribution in [2.75, 3.05) is 5.32 Å². The van der Waals surface area contributed by atoms with Gasteiger partial charge in [0.05, 0.1) is 0 Å². The van der Waals surface area contributed by atoms with Crippen molar-refractivity contribution in [3.63, 3.8) is 0 Å². The Bertz CT molecular complexity index is 1230. The van der Waals surface area contributed by atoms with Gasteiger partial charge in [0.15, 0.2) is 0 Å². The maximum atomic E-state index is 13.9. The summed E-state index contributed by atoms with van der Waals surface area (Å²) in [5.74, 6) is -2.16. The summed E-state index contributed by atoms with van der Waals surface area (Å²) in [4.78, 5) is 27.4. The Morgan fingerprint density at radius 2 is 1.65 bits per heavy atom. The van der Waals surface area contributed by atoms with E-state index in [1.807, 2.05) is 30.3 Å². The molecule has 3 N–H and O–H groups in total. The first kappa shape index (κ1) is 26.6. The van der Waals surface area contributed by atoms with E-state index < -0.39 is 23.6 Å². The van der Waals surface area contributed by atoms with Crippen molar-refractivity contribution in [3.05, 3.63) is 100 Å². The fourth-order valence-corrected chi connectivity index (χ4v) is 4.63. The summed E-state index contributed by atoms with van der Waals surface area (Å²) in [6.07, 6.45) is 2.14. The van der Waals surface area contributed by atoms with Gasteiger partial charge in [0.2, 0.25) is 0 Å². The second kappa shape index (κ2) is 12.2. The van der Waals surface area contributed by atoms with E-state index in [1.165, 1.54) is 0 Å². The Labute approximate surface area is 219 Å². The summed E-state index contributed by atoms with van der Waals surface area (Å²) in [5.41, 5.74) is 7.83. The van der Waals surface area contributed by atoms with E-state index in [1.54, 1.807) is 23.1 Å². The highest BCUT2D eigenvalue weighted by molar-refractivity contribution is 6.31. The number of rotatable bonds is 7. The smallest absolute Gasteiger partial charge is 0.411 e. The number of benzene rings is 3. The van der Waals surface area contributed by atoms with Gasteiger partial charge in [0.25, 0.3) is 5.91 Å². The third-order valence-electron chi connectivity index (χ3n) is 6.40. The number of amides is 2. The van der Waals surface area contributed by atoms with Gasteiger partial charge in [0.1, 0.15) is 18.2 Å². The molecule has 1 fully saturated rings. The Balaban J connectivity index is 1.52. The van der Waals surface area contributed by atoms with E-state index in [0.29, 0.717) is 29.1 Å². The molecule has 0 heterocycles. The lowest BCUT2D eigenvalue weighted by Crippen LogP contribution is -2.44. The van der Waals surface area contributed by atoms with E-state index in [2.05, 4.69) is 5.32 Å². The molecule has 0 unspecified atom stereocenters. The zero-order valence-corrected chi connectivity index (χ0v) is 20.9. The number of nitrogens with zero attached hydrogens (tertiary/aromatic N) is 1. The van der Waals surface area contributed by atoms with E-state index in [-0.39, 0.29) is 30.8 Å². The topological polar surface area (TPSA) is 84.7 Å². The van der Waals surface area contributed by atoms with Crippen LogP contribution in [-0.4, -0.2) is 29.0 Å². The third kappa shape index (κ3) is 7.27. The predicted molar refractivity (Wildman–Crippen MR) is 138 cm³/mol. The first-order chi connectivity index (χ1) is 17.8. The SMILES string of the molecule is NC1CCC(N(Cc2cc(NC(=O)OCc3ccccc3)ccc2Cl)C(=O)c2cc(F)cc(F)c2)CC1. The van der Waals surface area contributed by atoms with Gasteiger partial charge < -0.3 is 15.4 Å². The highest BCUT2D eigenvalue weighted by atomic mass is 35.5. The standard InChI is InChI=1S/C28H28ClF2N3O3/c29-26-11-8-24(33-28(36)37-17-18-4-2-1-3-5-18)14-20(26)16-34(25-9-6-23(32)7-10-25)27(35)19-12-21(30)15-22(31)13-19/h1-5,8,11-15,23,25H,6-7,9-10,16-17,32H2,(H,33,36). The molecule has 1 saturated carbocycles. The number of anilines is 1. The lowest BCUT2D eigenvalue weighted by Gasteiger charge is -2.36. The van der Waals surface area contributed by atoms with E-state index in [4.69, 9.17) is 22.1 Å². The first-order valence-corrected chi connectivity index (χ1v) is 12.4. The quantitative estimate of drug-likeness (QED) is 0.379. The average Bonchev–Trinajstić information content (AvgIpc) is 2.88. The van der Waals surface area contributed by atoms with Crippen molar-refractivity contribution in [2.45, 2.75) is 50.9 Å². The lowest BCUT2D eigenvalue weighted by molar-refractivity contribution is 0.0605. The molecule has 4 rings (SSSR count). The summed E-state index contributed by atoms with van der Waals surface area (Å²) >= 11 is 6.46. The number of hydrogen-bond donors (Lipinski definition) is 2. The van der Waals surface area contributed by atoms with Gasteiger partial charge in [-0.05, 0) is 67.1 Å². The molecule has 3 aromatic carbocycles. The number of carbonyl (C=O) groups excluding carboxylic acids is 2. The molecule has 194 valence electrons. The van der Waals surface area contributed by atoms with Gasteiger partial charge in [-0.25, -0.2) is 13.6 Å². The summed E-state index contributed by atoms with van der Waals surface area (Å²) in [7, 11) is 0. The zero-order chi connectivity index (χ0) is 26.4. The van der Waals surface area contributed by atoms with Gasteiger partial charge in [0, 0.05) is 41.0 Å². The normalized spacial score (nSPS) is 17.2. The molecule has 0 radical (unpaired) electrons. The Morgan fingerprint density at radius 3 is 2.32 bits per heavy atom. The molecule has 2 amide bonds. The van der Waals surface area contributed by atoms with Crippen LogP contribution < -0.4 is 11.1 Å². The number of nitrogens with one attached hydrogen (secondary N) is 1. The van der Waals surface area contributed by atoms with E-state index >= 15 is 0 Å². The number of ether oxygens (including phenoxy) is 1. The minimum absolute atomic E-state index is 0.0535.